The summed E-state index contributed by atoms with van der Waals surface area (Å²) in [6.07, 6.45) is -0.442. The van der Waals surface area contributed by atoms with Crippen LogP contribution in [-0.2, 0) is 21.4 Å². The Morgan fingerprint density at radius 1 is 1.04 bits per heavy atom. The Kier molecular flexibility index (Phi) is 4.22. The second kappa shape index (κ2) is 6.19. The van der Waals surface area contributed by atoms with Gasteiger partial charge in [-0.05, 0) is 28.2 Å². The van der Waals surface area contributed by atoms with E-state index in [1.54, 1.807) is 0 Å². The normalized spacial score (nSPS) is 16.6. The standard InChI is InChI=1S/C20H22O4/c1-20(2,3)15-10-7-9-14-12-13-8-5-6-11-16(13)23-19(18(21)22-4)24-17(14)15/h5-11,19H,12H2,1-4H3. The molecule has 24 heavy (non-hydrogen) atoms. The van der Waals surface area contributed by atoms with Crippen LogP contribution in [0.1, 0.15) is 37.5 Å². The minimum atomic E-state index is -1.13. The highest BCUT2D eigenvalue weighted by molar-refractivity contribution is 5.74. The zero-order valence-electron chi connectivity index (χ0n) is 14.5. The molecule has 1 atom stereocenters. The van der Waals surface area contributed by atoms with Gasteiger partial charge in [-0.3, -0.25) is 0 Å². The van der Waals surface area contributed by atoms with E-state index >= 15 is 0 Å². The number of methoxy groups -OCH3 is 1. The molecule has 1 heterocycles. The van der Waals surface area contributed by atoms with Gasteiger partial charge in [-0.2, -0.15) is 0 Å². The Bertz CT molecular complexity index is 758. The van der Waals surface area contributed by atoms with Gasteiger partial charge in [-0.25, -0.2) is 4.79 Å². The first-order chi connectivity index (χ1) is 11.4. The minimum Gasteiger partial charge on any atom is -0.463 e. The van der Waals surface area contributed by atoms with Crippen molar-refractivity contribution in [1.82, 2.24) is 0 Å². The number of benzene rings is 2. The third kappa shape index (κ3) is 3.09. The highest BCUT2D eigenvalue weighted by Gasteiger charge is 2.31. The number of rotatable bonds is 1. The van der Waals surface area contributed by atoms with Crippen molar-refractivity contribution in [2.24, 2.45) is 0 Å². The second-order valence-corrected chi connectivity index (χ2v) is 6.92. The SMILES string of the molecule is COC(=O)C1Oc2ccccc2Cc2cccc(C(C)(C)C)c2O1. The maximum atomic E-state index is 12.1. The number of esters is 1. The summed E-state index contributed by atoms with van der Waals surface area (Å²) in [6.45, 7) is 6.35. The molecule has 2 aromatic rings. The summed E-state index contributed by atoms with van der Waals surface area (Å²) in [6, 6.07) is 13.8. The van der Waals surface area contributed by atoms with Crippen LogP contribution in [0.5, 0.6) is 11.5 Å². The third-order valence-corrected chi connectivity index (χ3v) is 4.11. The van der Waals surface area contributed by atoms with Crippen LogP contribution in [0.2, 0.25) is 0 Å². The summed E-state index contributed by atoms with van der Waals surface area (Å²) >= 11 is 0. The molecule has 1 unspecified atom stereocenters. The first-order valence-electron chi connectivity index (χ1n) is 8.01. The third-order valence-electron chi connectivity index (χ3n) is 4.11. The van der Waals surface area contributed by atoms with Crippen molar-refractivity contribution in [1.29, 1.82) is 0 Å². The second-order valence-electron chi connectivity index (χ2n) is 6.92. The van der Waals surface area contributed by atoms with E-state index in [1.165, 1.54) is 7.11 Å². The number of fused-ring (bicyclic) bond motifs is 2. The minimum absolute atomic E-state index is 0.120. The summed E-state index contributed by atoms with van der Waals surface area (Å²) in [4.78, 5) is 12.1. The molecule has 4 heteroatoms. The van der Waals surface area contributed by atoms with Crippen molar-refractivity contribution in [3.05, 3.63) is 59.2 Å². The van der Waals surface area contributed by atoms with Gasteiger partial charge in [0.25, 0.3) is 0 Å². The predicted octanol–water partition coefficient (Wildman–Crippen LogP) is 3.85. The summed E-state index contributed by atoms with van der Waals surface area (Å²) in [5.74, 6) is 0.788. The molecule has 0 saturated heterocycles. The Morgan fingerprint density at radius 2 is 1.75 bits per heavy atom. The molecule has 2 aromatic carbocycles. The maximum Gasteiger partial charge on any atom is 0.389 e. The van der Waals surface area contributed by atoms with E-state index in [0.717, 1.165) is 16.7 Å². The fourth-order valence-electron chi connectivity index (χ4n) is 2.86. The molecule has 0 aliphatic carbocycles. The molecule has 4 nitrogen and oxygen atoms in total. The predicted molar refractivity (Wildman–Crippen MR) is 91.5 cm³/mol. The number of ether oxygens (including phenoxy) is 3. The van der Waals surface area contributed by atoms with Crippen molar-refractivity contribution in [3.63, 3.8) is 0 Å². The molecule has 1 aliphatic rings. The lowest BCUT2D eigenvalue weighted by molar-refractivity contribution is -0.162. The van der Waals surface area contributed by atoms with E-state index in [1.807, 2.05) is 42.5 Å². The quantitative estimate of drug-likeness (QED) is 0.747. The van der Waals surface area contributed by atoms with Crippen LogP contribution in [0.25, 0.3) is 0 Å². The molecular formula is C20H22O4. The lowest BCUT2D eigenvalue weighted by Crippen LogP contribution is -2.36. The van der Waals surface area contributed by atoms with Crippen LogP contribution >= 0.6 is 0 Å². The van der Waals surface area contributed by atoms with Crippen molar-refractivity contribution in [2.45, 2.75) is 38.9 Å². The van der Waals surface area contributed by atoms with Crippen molar-refractivity contribution in [3.8, 4) is 11.5 Å². The van der Waals surface area contributed by atoms with Crippen LogP contribution in [0.15, 0.2) is 42.5 Å². The van der Waals surface area contributed by atoms with Crippen LogP contribution < -0.4 is 9.47 Å². The van der Waals surface area contributed by atoms with E-state index in [4.69, 9.17) is 14.2 Å². The van der Waals surface area contributed by atoms with Crippen LogP contribution in [0.3, 0.4) is 0 Å². The molecule has 3 rings (SSSR count). The number of hydrogen-bond donors (Lipinski definition) is 0. The Morgan fingerprint density at radius 3 is 2.46 bits per heavy atom. The topological polar surface area (TPSA) is 44.8 Å². The largest absolute Gasteiger partial charge is 0.463 e. The fourth-order valence-corrected chi connectivity index (χ4v) is 2.86. The van der Waals surface area contributed by atoms with Gasteiger partial charge in [-0.15, -0.1) is 0 Å². The summed E-state index contributed by atoms with van der Waals surface area (Å²) < 4.78 is 16.7. The van der Waals surface area contributed by atoms with Crippen LogP contribution in [0.4, 0.5) is 0 Å². The lowest BCUT2D eigenvalue weighted by Gasteiger charge is -2.29. The van der Waals surface area contributed by atoms with Crippen molar-refractivity contribution < 1.29 is 19.0 Å². The van der Waals surface area contributed by atoms with Crippen molar-refractivity contribution >= 4 is 5.97 Å². The van der Waals surface area contributed by atoms with Gasteiger partial charge >= 0.3 is 12.3 Å². The smallest absolute Gasteiger partial charge is 0.389 e. The average Bonchev–Trinajstić information content (AvgIpc) is 2.53. The highest BCUT2D eigenvalue weighted by atomic mass is 16.7. The van der Waals surface area contributed by atoms with E-state index < -0.39 is 12.3 Å². The number of carbonyl (C=O) groups excluding carboxylic acids is 1. The van der Waals surface area contributed by atoms with Gasteiger partial charge in [0.2, 0.25) is 0 Å². The molecule has 0 saturated carbocycles. The molecule has 0 fully saturated rings. The maximum absolute atomic E-state index is 12.1. The highest BCUT2D eigenvalue weighted by Crippen LogP contribution is 2.38. The molecule has 0 spiro atoms. The van der Waals surface area contributed by atoms with Gasteiger partial charge in [-0.1, -0.05) is 57.2 Å². The molecule has 0 bridgehead atoms. The Labute approximate surface area is 142 Å². The van der Waals surface area contributed by atoms with E-state index in [2.05, 4.69) is 20.8 Å². The van der Waals surface area contributed by atoms with Gasteiger partial charge in [0.05, 0.1) is 7.11 Å². The zero-order chi connectivity index (χ0) is 17.3. The van der Waals surface area contributed by atoms with E-state index in [9.17, 15) is 4.79 Å². The molecular weight excluding hydrogens is 304 g/mol. The molecule has 1 aliphatic heterocycles. The molecule has 0 radical (unpaired) electrons. The summed E-state index contributed by atoms with van der Waals surface area (Å²) in [5.41, 5.74) is 2.97. The van der Waals surface area contributed by atoms with Crippen molar-refractivity contribution in [2.75, 3.05) is 7.11 Å². The molecule has 0 amide bonds. The molecule has 126 valence electrons. The number of carbonyl (C=O) groups is 1. The first-order valence-corrected chi connectivity index (χ1v) is 8.01. The number of para-hydroxylation sites is 2. The molecule has 0 aromatic heterocycles. The fraction of sp³-hybridized carbons (Fsp3) is 0.350. The van der Waals surface area contributed by atoms with E-state index in [0.29, 0.717) is 17.9 Å². The van der Waals surface area contributed by atoms with Gasteiger partial charge in [0.15, 0.2) is 0 Å². The lowest BCUT2D eigenvalue weighted by atomic mass is 9.84. The van der Waals surface area contributed by atoms with Gasteiger partial charge < -0.3 is 14.2 Å². The molecule has 0 N–H and O–H groups in total. The summed E-state index contributed by atoms with van der Waals surface area (Å²) in [5, 5.41) is 0. The number of hydrogen-bond acceptors (Lipinski definition) is 4. The van der Waals surface area contributed by atoms with Gasteiger partial charge in [0, 0.05) is 6.42 Å². The van der Waals surface area contributed by atoms with Gasteiger partial charge in [0.1, 0.15) is 11.5 Å². The first kappa shape index (κ1) is 16.4. The zero-order valence-corrected chi connectivity index (χ0v) is 14.5. The summed E-state index contributed by atoms with van der Waals surface area (Å²) in [7, 11) is 1.33. The monoisotopic (exact) mass is 326 g/mol. The Balaban J connectivity index is 2.17. The average molecular weight is 326 g/mol. The van der Waals surface area contributed by atoms with Crippen LogP contribution in [-0.4, -0.2) is 19.4 Å². The van der Waals surface area contributed by atoms with Crippen LogP contribution in [0, 0.1) is 0 Å². The Hall–Kier alpha value is -2.49. The van der Waals surface area contributed by atoms with E-state index in [-0.39, 0.29) is 5.41 Å².